The van der Waals surface area contributed by atoms with Gasteiger partial charge in [0.2, 0.25) is 5.95 Å². The Bertz CT molecular complexity index is 519. The highest BCUT2D eigenvalue weighted by Crippen LogP contribution is 2.36. The van der Waals surface area contributed by atoms with Crippen LogP contribution < -0.4 is 10.4 Å². The maximum absolute atomic E-state index is 9.22. The van der Waals surface area contributed by atoms with Gasteiger partial charge in [-0.15, -0.1) is 0 Å². The maximum atomic E-state index is 9.22. The minimum atomic E-state index is -0.428. The molecule has 3 rings (SSSR count). The summed E-state index contributed by atoms with van der Waals surface area (Å²) in [5.74, 6) is 1.03. The van der Waals surface area contributed by atoms with Gasteiger partial charge in [-0.3, -0.25) is 0 Å². The number of hydrogen-bond donors (Lipinski definition) is 1. The second kappa shape index (κ2) is 5.47. The molecule has 22 heavy (non-hydrogen) atoms. The summed E-state index contributed by atoms with van der Waals surface area (Å²) in [4.78, 5) is 11.0. The first-order chi connectivity index (χ1) is 10.3. The molecule has 0 bridgehead atoms. The normalized spacial score (nSPS) is 26.7. The number of hydrogen-bond acceptors (Lipinski definition) is 6. The Morgan fingerprint density at radius 3 is 2.32 bits per heavy atom. The first kappa shape index (κ1) is 15.7. The SMILES string of the molecule is CC1(C)OB(c2cnc(N3CCC(CO)C3)nc2)OC1(C)C. The van der Waals surface area contributed by atoms with E-state index in [2.05, 4.69) is 14.9 Å². The predicted molar refractivity (Wildman–Crippen MR) is 85.2 cm³/mol. The zero-order valence-corrected chi connectivity index (χ0v) is 13.7. The van der Waals surface area contributed by atoms with Crippen LogP contribution >= 0.6 is 0 Å². The smallest absolute Gasteiger partial charge is 0.399 e. The minimum Gasteiger partial charge on any atom is -0.399 e. The molecular weight excluding hydrogens is 281 g/mol. The van der Waals surface area contributed by atoms with E-state index in [0.717, 1.165) is 25.0 Å². The van der Waals surface area contributed by atoms with Gasteiger partial charge in [0.25, 0.3) is 0 Å². The quantitative estimate of drug-likeness (QED) is 0.825. The van der Waals surface area contributed by atoms with Gasteiger partial charge in [0.05, 0.1) is 11.2 Å². The monoisotopic (exact) mass is 305 g/mol. The van der Waals surface area contributed by atoms with Crippen molar-refractivity contribution in [3.63, 3.8) is 0 Å². The molecule has 0 saturated carbocycles. The molecule has 1 aromatic heterocycles. The molecule has 120 valence electrons. The highest BCUT2D eigenvalue weighted by Gasteiger charge is 2.52. The second-order valence-electron chi connectivity index (χ2n) is 7.19. The second-order valence-corrected chi connectivity index (χ2v) is 7.19. The van der Waals surface area contributed by atoms with Crippen molar-refractivity contribution >= 4 is 18.5 Å². The minimum absolute atomic E-state index is 0.225. The molecule has 2 saturated heterocycles. The molecule has 0 spiro atoms. The Balaban J connectivity index is 1.71. The number of rotatable bonds is 3. The number of nitrogens with zero attached hydrogens (tertiary/aromatic N) is 3. The summed E-state index contributed by atoms with van der Waals surface area (Å²) >= 11 is 0. The van der Waals surface area contributed by atoms with Crippen LogP contribution in [0.5, 0.6) is 0 Å². The Morgan fingerprint density at radius 1 is 1.23 bits per heavy atom. The molecule has 2 aliphatic heterocycles. The van der Waals surface area contributed by atoms with E-state index in [1.54, 1.807) is 12.4 Å². The average molecular weight is 305 g/mol. The van der Waals surface area contributed by atoms with Crippen LogP contribution in [0.2, 0.25) is 0 Å². The van der Waals surface area contributed by atoms with Gasteiger partial charge < -0.3 is 19.3 Å². The van der Waals surface area contributed by atoms with Crippen LogP contribution in [0, 0.1) is 5.92 Å². The molecule has 0 aromatic carbocycles. The van der Waals surface area contributed by atoms with E-state index < -0.39 is 7.12 Å². The lowest BCUT2D eigenvalue weighted by molar-refractivity contribution is 0.00578. The molecule has 1 aromatic rings. The first-order valence-electron chi connectivity index (χ1n) is 7.86. The Kier molecular flexibility index (Phi) is 3.91. The lowest BCUT2D eigenvalue weighted by Gasteiger charge is -2.32. The molecule has 1 N–H and O–H groups in total. The third-order valence-electron chi connectivity index (χ3n) is 5.01. The van der Waals surface area contributed by atoms with Crippen molar-refractivity contribution < 1.29 is 14.4 Å². The van der Waals surface area contributed by atoms with Crippen LogP contribution in [0.25, 0.3) is 0 Å². The van der Waals surface area contributed by atoms with Gasteiger partial charge in [-0.2, -0.15) is 0 Å². The molecule has 2 aliphatic rings. The van der Waals surface area contributed by atoms with Crippen LogP contribution in [0.1, 0.15) is 34.1 Å². The van der Waals surface area contributed by atoms with E-state index in [1.165, 1.54) is 0 Å². The Hall–Kier alpha value is -1.18. The van der Waals surface area contributed by atoms with Gasteiger partial charge >= 0.3 is 7.12 Å². The zero-order valence-electron chi connectivity index (χ0n) is 13.7. The van der Waals surface area contributed by atoms with E-state index in [-0.39, 0.29) is 17.8 Å². The van der Waals surface area contributed by atoms with Gasteiger partial charge in [-0.25, -0.2) is 9.97 Å². The number of aromatic nitrogens is 2. The number of aliphatic hydroxyl groups excluding tert-OH is 1. The fourth-order valence-corrected chi connectivity index (χ4v) is 2.76. The summed E-state index contributed by atoms with van der Waals surface area (Å²) in [5.41, 5.74) is 0.111. The molecule has 3 heterocycles. The molecule has 6 nitrogen and oxygen atoms in total. The van der Waals surface area contributed by atoms with Crippen LogP contribution in [-0.4, -0.2) is 53.1 Å². The van der Waals surface area contributed by atoms with Crippen LogP contribution in [0.3, 0.4) is 0 Å². The highest BCUT2D eigenvalue weighted by molar-refractivity contribution is 6.61. The molecule has 2 fully saturated rings. The van der Waals surface area contributed by atoms with Crippen LogP contribution in [0.15, 0.2) is 12.4 Å². The maximum Gasteiger partial charge on any atom is 0.498 e. The van der Waals surface area contributed by atoms with Crippen molar-refractivity contribution in [3.8, 4) is 0 Å². The Morgan fingerprint density at radius 2 is 1.82 bits per heavy atom. The molecule has 7 heteroatoms. The van der Waals surface area contributed by atoms with Gasteiger partial charge in [0.15, 0.2) is 0 Å². The van der Waals surface area contributed by atoms with Gasteiger partial charge in [-0.05, 0) is 34.1 Å². The van der Waals surface area contributed by atoms with Gasteiger partial charge in [0.1, 0.15) is 0 Å². The molecular formula is C15H24BN3O3. The van der Waals surface area contributed by atoms with E-state index >= 15 is 0 Å². The fraction of sp³-hybridized carbons (Fsp3) is 0.733. The Labute approximate surface area is 132 Å². The van der Waals surface area contributed by atoms with Crippen molar-refractivity contribution in [2.45, 2.75) is 45.3 Å². The first-order valence-corrected chi connectivity index (χ1v) is 7.86. The average Bonchev–Trinajstić information content (AvgIpc) is 3.02. The predicted octanol–water partition coefficient (Wildman–Crippen LogP) is 0.594. The van der Waals surface area contributed by atoms with Crippen molar-refractivity contribution in [1.82, 2.24) is 9.97 Å². The highest BCUT2D eigenvalue weighted by atomic mass is 16.7. The molecule has 0 aliphatic carbocycles. The molecule has 0 radical (unpaired) electrons. The van der Waals surface area contributed by atoms with Crippen molar-refractivity contribution in [3.05, 3.63) is 12.4 Å². The van der Waals surface area contributed by atoms with Crippen molar-refractivity contribution in [2.75, 3.05) is 24.6 Å². The van der Waals surface area contributed by atoms with E-state index in [4.69, 9.17) is 9.31 Å². The van der Waals surface area contributed by atoms with Crippen molar-refractivity contribution in [2.24, 2.45) is 5.92 Å². The number of anilines is 1. The standard InChI is InChI=1S/C15H24BN3O3/c1-14(2)15(3,4)22-16(21-14)12-7-17-13(18-8-12)19-6-5-11(9-19)10-20/h7-8,11,20H,5-6,9-10H2,1-4H3. The van der Waals surface area contributed by atoms with E-state index in [0.29, 0.717) is 11.9 Å². The van der Waals surface area contributed by atoms with Crippen molar-refractivity contribution in [1.29, 1.82) is 0 Å². The number of aliphatic hydroxyl groups is 1. The molecule has 1 unspecified atom stereocenters. The topological polar surface area (TPSA) is 67.7 Å². The largest absolute Gasteiger partial charge is 0.498 e. The van der Waals surface area contributed by atoms with Gasteiger partial charge in [0, 0.05) is 43.5 Å². The summed E-state index contributed by atoms with van der Waals surface area (Å²) in [6, 6.07) is 0. The van der Waals surface area contributed by atoms with E-state index in [9.17, 15) is 5.11 Å². The zero-order chi connectivity index (χ0) is 16.0. The van der Waals surface area contributed by atoms with Gasteiger partial charge in [-0.1, -0.05) is 0 Å². The van der Waals surface area contributed by atoms with E-state index in [1.807, 2.05) is 27.7 Å². The fourth-order valence-electron chi connectivity index (χ4n) is 2.76. The molecule has 0 amide bonds. The van der Waals surface area contributed by atoms with Crippen LogP contribution in [0.4, 0.5) is 5.95 Å². The third kappa shape index (κ3) is 2.73. The lowest BCUT2D eigenvalue weighted by atomic mass is 9.81. The summed E-state index contributed by atoms with van der Waals surface area (Å²) < 4.78 is 12.0. The van der Waals surface area contributed by atoms with Crippen LogP contribution in [-0.2, 0) is 9.31 Å². The third-order valence-corrected chi connectivity index (χ3v) is 5.01. The molecule has 1 atom stereocenters. The summed E-state index contributed by atoms with van der Waals surface area (Å²) in [5, 5.41) is 9.22. The summed E-state index contributed by atoms with van der Waals surface area (Å²) in [6.07, 6.45) is 4.53. The lowest BCUT2D eigenvalue weighted by Crippen LogP contribution is -2.41. The summed E-state index contributed by atoms with van der Waals surface area (Å²) in [6.45, 7) is 10.0. The summed E-state index contributed by atoms with van der Waals surface area (Å²) in [7, 11) is -0.428.